The van der Waals surface area contributed by atoms with Crippen LogP contribution >= 0.6 is 12.2 Å². The van der Waals surface area contributed by atoms with Crippen LogP contribution in [0.5, 0.6) is 0 Å². The molecule has 1 aliphatic rings. The number of ether oxygens (including phenoxy) is 1. The van der Waals surface area contributed by atoms with Crippen molar-refractivity contribution in [2.75, 3.05) is 12.4 Å². The van der Waals surface area contributed by atoms with E-state index in [9.17, 15) is 4.79 Å². The van der Waals surface area contributed by atoms with Crippen LogP contribution in [-0.4, -0.2) is 23.6 Å². The van der Waals surface area contributed by atoms with Crippen LogP contribution in [0.25, 0.3) is 0 Å². The third-order valence-corrected chi connectivity index (χ3v) is 3.87. The van der Waals surface area contributed by atoms with Crippen molar-refractivity contribution in [3.8, 4) is 0 Å². The molecule has 4 nitrogen and oxygen atoms in total. The summed E-state index contributed by atoms with van der Waals surface area (Å²) in [7, 11) is 1.67. The van der Waals surface area contributed by atoms with Gasteiger partial charge in [0.25, 0.3) is 0 Å². The highest BCUT2D eigenvalue weighted by molar-refractivity contribution is 7.80. The van der Waals surface area contributed by atoms with Crippen LogP contribution in [0.1, 0.15) is 31.2 Å². The molecule has 2 rings (SSSR count). The predicted octanol–water partition coefficient (Wildman–Crippen LogP) is 2.22. The summed E-state index contributed by atoms with van der Waals surface area (Å²) in [5, 5.41) is 2.86. The van der Waals surface area contributed by atoms with Gasteiger partial charge >= 0.3 is 0 Å². The maximum atomic E-state index is 12.0. The molecule has 0 radical (unpaired) electrons. The second-order valence-corrected chi connectivity index (χ2v) is 5.35. The van der Waals surface area contributed by atoms with Crippen molar-refractivity contribution in [3.63, 3.8) is 0 Å². The molecule has 1 aromatic carbocycles. The number of nitrogens with two attached hydrogens (primary N) is 1. The average Bonchev–Trinajstić information content (AvgIpc) is 2.34. The van der Waals surface area contributed by atoms with Gasteiger partial charge in [-0.3, -0.25) is 4.79 Å². The van der Waals surface area contributed by atoms with E-state index in [1.807, 2.05) is 0 Å². The number of benzene rings is 1. The van der Waals surface area contributed by atoms with Crippen molar-refractivity contribution in [2.24, 2.45) is 5.73 Å². The van der Waals surface area contributed by atoms with Crippen molar-refractivity contribution >= 4 is 28.8 Å². The van der Waals surface area contributed by atoms with Gasteiger partial charge in [-0.05, 0) is 43.5 Å². The molecule has 3 N–H and O–H groups in total. The number of amides is 1. The lowest BCUT2D eigenvalue weighted by atomic mass is 9.77. The van der Waals surface area contributed by atoms with Crippen LogP contribution in [0, 0.1) is 0 Å². The van der Waals surface area contributed by atoms with Gasteiger partial charge in [-0.2, -0.15) is 0 Å². The van der Waals surface area contributed by atoms with Gasteiger partial charge in [0.1, 0.15) is 4.99 Å². The van der Waals surface area contributed by atoms with Crippen LogP contribution in [-0.2, 0) is 9.53 Å². The molecule has 102 valence electrons. The van der Waals surface area contributed by atoms with Gasteiger partial charge in [-0.1, -0.05) is 12.2 Å². The summed E-state index contributed by atoms with van der Waals surface area (Å²) in [5.74, 6) is -0.0235. The molecular weight excluding hydrogens is 260 g/mol. The van der Waals surface area contributed by atoms with Crippen LogP contribution in [0.3, 0.4) is 0 Å². The smallest absolute Gasteiger partial charge is 0.227 e. The average molecular weight is 278 g/mol. The van der Waals surface area contributed by atoms with E-state index in [1.54, 1.807) is 31.4 Å². The Morgan fingerprint density at radius 2 is 2.05 bits per heavy atom. The first-order chi connectivity index (χ1) is 9.04. The van der Waals surface area contributed by atoms with E-state index in [1.165, 1.54) is 0 Å². The van der Waals surface area contributed by atoms with Gasteiger partial charge in [0.15, 0.2) is 0 Å². The largest absolute Gasteiger partial charge is 0.389 e. The summed E-state index contributed by atoms with van der Waals surface area (Å²) in [6, 6.07) is 7.19. The van der Waals surface area contributed by atoms with E-state index in [2.05, 4.69) is 5.32 Å². The molecule has 5 heteroatoms. The number of rotatable bonds is 5. The molecule has 1 amide bonds. The van der Waals surface area contributed by atoms with Crippen molar-refractivity contribution in [2.45, 2.75) is 31.3 Å². The Balaban J connectivity index is 1.93. The van der Waals surface area contributed by atoms with Gasteiger partial charge in [0.05, 0.1) is 12.0 Å². The summed E-state index contributed by atoms with van der Waals surface area (Å²) < 4.78 is 5.44. The topological polar surface area (TPSA) is 64.3 Å². The van der Waals surface area contributed by atoms with Crippen LogP contribution in [0.15, 0.2) is 24.3 Å². The van der Waals surface area contributed by atoms with Crippen LogP contribution < -0.4 is 11.1 Å². The van der Waals surface area contributed by atoms with Gasteiger partial charge < -0.3 is 15.8 Å². The third-order valence-electron chi connectivity index (χ3n) is 3.63. The second kappa shape index (κ2) is 5.67. The molecule has 0 bridgehead atoms. The van der Waals surface area contributed by atoms with E-state index < -0.39 is 0 Å². The minimum absolute atomic E-state index is 0.0235. The summed E-state index contributed by atoms with van der Waals surface area (Å²) in [6.45, 7) is 0. The highest BCUT2D eigenvalue weighted by atomic mass is 32.1. The lowest BCUT2D eigenvalue weighted by molar-refractivity contribution is -0.129. The lowest BCUT2D eigenvalue weighted by Crippen LogP contribution is -2.42. The van der Waals surface area contributed by atoms with Crippen LogP contribution in [0.4, 0.5) is 5.69 Å². The summed E-state index contributed by atoms with van der Waals surface area (Å²) in [4.78, 5) is 12.3. The SMILES string of the molecule is COC1(CC(=O)Nc2ccc(C(N)=S)cc2)CCC1. The molecule has 0 atom stereocenters. The zero-order chi connectivity index (χ0) is 13.9. The van der Waals surface area contributed by atoms with Gasteiger partial charge in [-0.25, -0.2) is 0 Å². The molecule has 1 fully saturated rings. The molecule has 0 aromatic heterocycles. The quantitative estimate of drug-likeness (QED) is 0.811. The molecular formula is C14H18N2O2S. The van der Waals surface area contributed by atoms with E-state index in [4.69, 9.17) is 22.7 Å². The van der Waals surface area contributed by atoms with Gasteiger partial charge in [0, 0.05) is 18.4 Å². The highest BCUT2D eigenvalue weighted by Crippen LogP contribution is 2.38. The predicted molar refractivity (Wildman–Crippen MR) is 79.2 cm³/mol. The van der Waals surface area contributed by atoms with Crippen LogP contribution in [0.2, 0.25) is 0 Å². The van der Waals surface area contributed by atoms with E-state index in [0.29, 0.717) is 11.4 Å². The molecule has 19 heavy (non-hydrogen) atoms. The van der Waals surface area contributed by atoms with E-state index in [0.717, 1.165) is 30.5 Å². The first-order valence-corrected chi connectivity index (χ1v) is 6.70. The number of hydrogen-bond acceptors (Lipinski definition) is 3. The monoisotopic (exact) mass is 278 g/mol. The number of thiocarbonyl (C=S) groups is 1. The summed E-state index contributed by atoms with van der Waals surface area (Å²) >= 11 is 4.88. The molecule has 0 spiro atoms. The van der Waals surface area contributed by atoms with E-state index >= 15 is 0 Å². The minimum Gasteiger partial charge on any atom is -0.389 e. The first-order valence-electron chi connectivity index (χ1n) is 6.29. The maximum Gasteiger partial charge on any atom is 0.227 e. The lowest BCUT2D eigenvalue weighted by Gasteiger charge is -2.39. The number of nitrogens with one attached hydrogen (secondary N) is 1. The first kappa shape index (κ1) is 14.0. The molecule has 1 saturated carbocycles. The Hall–Kier alpha value is -1.46. The number of carbonyl (C=O) groups excluding carboxylic acids is 1. The van der Waals surface area contributed by atoms with Crippen molar-refractivity contribution in [1.82, 2.24) is 0 Å². The number of hydrogen-bond donors (Lipinski definition) is 2. The molecule has 0 aliphatic heterocycles. The maximum absolute atomic E-state index is 12.0. The minimum atomic E-state index is -0.247. The zero-order valence-electron chi connectivity index (χ0n) is 10.9. The summed E-state index contributed by atoms with van der Waals surface area (Å²) in [6.07, 6.45) is 3.44. The molecule has 1 aliphatic carbocycles. The standard InChI is InChI=1S/C14H18N2O2S/c1-18-14(7-2-8-14)9-12(17)16-11-5-3-10(4-6-11)13(15)19/h3-6H,2,7-9H2,1H3,(H2,15,19)(H,16,17). The number of methoxy groups -OCH3 is 1. The molecule has 0 saturated heterocycles. The second-order valence-electron chi connectivity index (χ2n) is 4.91. The fourth-order valence-corrected chi connectivity index (χ4v) is 2.38. The Bertz CT molecular complexity index is 475. The van der Waals surface area contributed by atoms with Crippen molar-refractivity contribution in [3.05, 3.63) is 29.8 Å². The Labute approximate surface area is 118 Å². The van der Waals surface area contributed by atoms with Gasteiger partial charge in [0.2, 0.25) is 5.91 Å². The molecule has 1 aromatic rings. The Morgan fingerprint density at radius 1 is 1.42 bits per heavy atom. The number of anilines is 1. The Kier molecular flexibility index (Phi) is 4.17. The molecule has 0 heterocycles. The Morgan fingerprint density at radius 3 is 2.47 bits per heavy atom. The summed E-state index contributed by atoms with van der Waals surface area (Å²) in [5.41, 5.74) is 6.81. The van der Waals surface area contributed by atoms with E-state index in [-0.39, 0.29) is 11.5 Å². The fourth-order valence-electron chi connectivity index (χ4n) is 2.24. The number of carbonyl (C=O) groups is 1. The highest BCUT2D eigenvalue weighted by Gasteiger charge is 2.38. The third kappa shape index (κ3) is 3.30. The fraction of sp³-hybridized carbons (Fsp3) is 0.429. The van der Waals surface area contributed by atoms with Gasteiger partial charge in [-0.15, -0.1) is 0 Å². The van der Waals surface area contributed by atoms with Crippen molar-refractivity contribution < 1.29 is 9.53 Å². The normalized spacial score (nSPS) is 16.5. The molecule has 0 unspecified atom stereocenters. The van der Waals surface area contributed by atoms with Crippen molar-refractivity contribution in [1.29, 1.82) is 0 Å². The zero-order valence-corrected chi connectivity index (χ0v) is 11.8.